The molecule has 1 aliphatic carbocycles. The quantitative estimate of drug-likeness (QED) is 0.814. The largest absolute Gasteiger partial charge is 0.389 e. The van der Waals surface area contributed by atoms with E-state index in [2.05, 4.69) is 0 Å². The van der Waals surface area contributed by atoms with Gasteiger partial charge in [-0.1, -0.05) is 37.2 Å². The van der Waals surface area contributed by atoms with E-state index in [4.69, 9.17) is 22.7 Å². The second kappa shape index (κ2) is 6.65. The summed E-state index contributed by atoms with van der Waals surface area (Å²) in [5.74, 6) is 0.00984. The number of rotatable bonds is 6. The molecule has 2 N–H and O–H groups in total. The first-order valence-electron chi connectivity index (χ1n) is 6.73. The van der Waals surface area contributed by atoms with E-state index in [0.29, 0.717) is 5.56 Å². The van der Waals surface area contributed by atoms with Gasteiger partial charge in [0.1, 0.15) is 4.99 Å². The van der Waals surface area contributed by atoms with Gasteiger partial charge in [-0.15, -0.1) is 0 Å². The van der Waals surface area contributed by atoms with Gasteiger partial charge in [-0.25, -0.2) is 8.42 Å². The monoisotopic (exact) mass is 313 g/mol. The highest BCUT2D eigenvalue weighted by molar-refractivity contribution is 7.91. The van der Waals surface area contributed by atoms with Crippen LogP contribution in [0.15, 0.2) is 29.2 Å². The Bertz CT molecular complexity index is 561. The van der Waals surface area contributed by atoms with E-state index in [1.165, 1.54) is 12.8 Å². The molecule has 0 unspecified atom stereocenters. The first-order chi connectivity index (χ1) is 9.49. The summed E-state index contributed by atoms with van der Waals surface area (Å²) in [6.45, 7) is 0.254. The minimum Gasteiger partial charge on any atom is -0.389 e. The minimum atomic E-state index is -3.30. The zero-order valence-corrected chi connectivity index (χ0v) is 12.9. The SMILES string of the molecule is NC(=S)c1ccc(S(=O)(=O)CCOC2CCCC2)cc1. The molecule has 0 amide bonds. The van der Waals surface area contributed by atoms with Crippen LogP contribution < -0.4 is 5.73 Å². The summed E-state index contributed by atoms with van der Waals surface area (Å²) in [5, 5.41) is 0. The molecule has 0 radical (unpaired) electrons. The third-order valence-electron chi connectivity index (χ3n) is 3.51. The summed E-state index contributed by atoms with van der Waals surface area (Å²) in [7, 11) is -3.30. The van der Waals surface area contributed by atoms with Crippen molar-refractivity contribution >= 4 is 27.0 Å². The summed E-state index contributed by atoms with van der Waals surface area (Å²) in [6.07, 6.45) is 4.68. The Morgan fingerprint density at radius 2 is 1.85 bits per heavy atom. The molecule has 1 aromatic rings. The Labute approximate surface area is 125 Å². The lowest BCUT2D eigenvalue weighted by atomic mass is 10.2. The average molecular weight is 313 g/mol. The molecule has 1 saturated carbocycles. The number of hydrogen-bond donors (Lipinski definition) is 1. The standard InChI is InChI=1S/C14H19NO3S2/c15-14(19)11-5-7-13(8-6-11)20(16,17)10-9-18-12-3-1-2-4-12/h5-8,12H,1-4,9-10H2,(H2,15,19). The van der Waals surface area contributed by atoms with Crippen LogP contribution in [0.2, 0.25) is 0 Å². The van der Waals surface area contributed by atoms with E-state index >= 15 is 0 Å². The predicted octanol–water partition coefficient (Wildman–Crippen LogP) is 2.05. The molecule has 0 heterocycles. The van der Waals surface area contributed by atoms with Gasteiger partial charge in [0.05, 0.1) is 23.4 Å². The van der Waals surface area contributed by atoms with Crippen LogP contribution >= 0.6 is 12.2 Å². The maximum Gasteiger partial charge on any atom is 0.180 e. The first-order valence-corrected chi connectivity index (χ1v) is 8.79. The summed E-state index contributed by atoms with van der Waals surface area (Å²) < 4.78 is 29.9. The van der Waals surface area contributed by atoms with Crippen molar-refractivity contribution in [3.63, 3.8) is 0 Å². The van der Waals surface area contributed by atoms with Gasteiger partial charge in [0.2, 0.25) is 0 Å². The molecule has 6 heteroatoms. The summed E-state index contributed by atoms with van der Waals surface area (Å²) in [5.41, 5.74) is 6.15. The van der Waals surface area contributed by atoms with Gasteiger partial charge in [-0.2, -0.15) is 0 Å². The molecular formula is C14H19NO3S2. The molecular weight excluding hydrogens is 294 g/mol. The van der Waals surface area contributed by atoms with Gasteiger partial charge in [0.25, 0.3) is 0 Å². The Balaban J connectivity index is 1.93. The molecule has 0 atom stereocenters. The molecule has 2 rings (SSSR count). The van der Waals surface area contributed by atoms with Crippen molar-refractivity contribution in [3.8, 4) is 0 Å². The molecule has 1 aromatic carbocycles. The van der Waals surface area contributed by atoms with Crippen molar-refractivity contribution in [2.45, 2.75) is 36.7 Å². The van der Waals surface area contributed by atoms with Crippen LogP contribution in [-0.2, 0) is 14.6 Å². The van der Waals surface area contributed by atoms with Gasteiger partial charge in [0.15, 0.2) is 9.84 Å². The van der Waals surface area contributed by atoms with Crippen LogP contribution in [0.5, 0.6) is 0 Å². The smallest absolute Gasteiger partial charge is 0.180 e. The lowest BCUT2D eigenvalue weighted by Gasteiger charge is -2.11. The maximum absolute atomic E-state index is 12.1. The first kappa shape index (κ1) is 15.4. The number of nitrogens with two attached hydrogens (primary N) is 1. The summed E-state index contributed by atoms with van der Waals surface area (Å²) in [6, 6.07) is 6.35. The molecule has 0 bridgehead atoms. The molecule has 0 spiro atoms. The van der Waals surface area contributed by atoms with Crippen LogP contribution in [0.4, 0.5) is 0 Å². The fraction of sp³-hybridized carbons (Fsp3) is 0.500. The second-order valence-electron chi connectivity index (χ2n) is 4.98. The van der Waals surface area contributed by atoms with Crippen LogP contribution in [0.3, 0.4) is 0 Å². The number of thiocarbonyl (C=S) groups is 1. The molecule has 4 nitrogen and oxygen atoms in total. The van der Waals surface area contributed by atoms with Crippen molar-refractivity contribution in [1.29, 1.82) is 0 Å². The highest BCUT2D eigenvalue weighted by Crippen LogP contribution is 2.21. The molecule has 0 aliphatic heterocycles. The number of ether oxygens (including phenoxy) is 1. The molecule has 20 heavy (non-hydrogen) atoms. The summed E-state index contributed by atoms with van der Waals surface area (Å²) in [4.78, 5) is 0.547. The van der Waals surface area contributed by atoms with E-state index < -0.39 is 9.84 Å². The molecule has 0 saturated heterocycles. The van der Waals surface area contributed by atoms with E-state index in [1.807, 2.05) is 0 Å². The minimum absolute atomic E-state index is 0.00984. The van der Waals surface area contributed by atoms with E-state index in [1.54, 1.807) is 24.3 Å². The molecule has 110 valence electrons. The van der Waals surface area contributed by atoms with Crippen molar-refractivity contribution in [1.82, 2.24) is 0 Å². The Morgan fingerprint density at radius 3 is 2.40 bits per heavy atom. The molecule has 1 aliphatic rings. The Morgan fingerprint density at radius 1 is 1.25 bits per heavy atom. The fourth-order valence-corrected chi connectivity index (χ4v) is 3.56. The zero-order chi connectivity index (χ0) is 14.6. The zero-order valence-electron chi connectivity index (χ0n) is 11.2. The predicted molar refractivity (Wildman–Crippen MR) is 82.6 cm³/mol. The van der Waals surface area contributed by atoms with Gasteiger partial charge in [-0.05, 0) is 25.0 Å². The van der Waals surface area contributed by atoms with E-state index in [0.717, 1.165) is 12.8 Å². The number of benzene rings is 1. The van der Waals surface area contributed by atoms with Crippen molar-refractivity contribution < 1.29 is 13.2 Å². The number of hydrogen-bond acceptors (Lipinski definition) is 4. The Kier molecular flexibility index (Phi) is 5.12. The third kappa shape index (κ3) is 4.01. The topological polar surface area (TPSA) is 69.4 Å². The van der Waals surface area contributed by atoms with Crippen molar-refractivity contribution in [2.75, 3.05) is 12.4 Å². The third-order valence-corrected chi connectivity index (χ3v) is 5.44. The van der Waals surface area contributed by atoms with Gasteiger partial charge >= 0.3 is 0 Å². The lowest BCUT2D eigenvalue weighted by Crippen LogP contribution is -2.17. The number of sulfone groups is 1. The average Bonchev–Trinajstić information content (AvgIpc) is 2.92. The normalized spacial score (nSPS) is 16.4. The maximum atomic E-state index is 12.1. The van der Waals surface area contributed by atoms with E-state index in [9.17, 15) is 8.42 Å². The highest BCUT2D eigenvalue weighted by atomic mass is 32.2. The van der Waals surface area contributed by atoms with Gasteiger partial charge in [0, 0.05) is 5.56 Å². The van der Waals surface area contributed by atoms with Gasteiger partial charge in [-0.3, -0.25) is 0 Å². The summed E-state index contributed by atoms with van der Waals surface area (Å²) >= 11 is 4.84. The van der Waals surface area contributed by atoms with Crippen LogP contribution in [0, 0.1) is 0 Å². The van der Waals surface area contributed by atoms with Crippen LogP contribution in [0.1, 0.15) is 31.2 Å². The van der Waals surface area contributed by atoms with Crippen LogP contribution in [0.25, 0.3) is 0 Å². The van der Waals surface area contributed by atoms with E-state index in [-0.39, 0.29) is 28.3 Å². The Hall–Kier alpha value is -0.980. The van der Waals surface area contributed by atoms with Crippen LogP contribution in [-0.4, -0.2) is 31.9 Å². The second-order valence-corrected chi connectivity index (χ2v) is 7.53. The van der Waals surface area contributed by atoms with Crippen molar-refractivity contribution in [2.24, 2.45) is 5.73 Å². The van der Waals surface area contributed by atoms with Crippen molar-refractivity contribution in [3.05, 3.63) is 29.8 Å². The fourth-order valence-electron chi connectivity index (χ4n) is 2.32. The lowest BCUT2D eigenvalue weighted by molar-refractivity contribution is 0.0697. The highest BCUT2D eigenvalue weighted by Gasteiger charge is 2.18. The molecule has 0 aromatic heterocycles. The molecule has 1 fully saturated rings. The van der Waals surface area contributed by atoms with Gasteiger partial charge < -0.3 is 10.5 Å².